The summed E-state index contributed by atoms with van der Waals surface area (Å²) >= 11 is 0. The van der Waals surface area contributed by atoms with E-state index in [0.29, 0.717) is 13.0 Å². The molecular weight excluding hydrogens is 314 g/mol. The summed E-state index contributed by atoms with van der Waals surface area (Å²) in [4.78, 5) is 15.8. The largest absolute Gasteiger partial charge is 0.466 e. The lowest BCUT2D eigenvalue weighted by Crippen LogP contribution is -2.38. The van der Waals surface area contributed by atoms with Gasteiger partial charge in [-0.3, -0.25) is 9.79 Å². The van der Waals surface area contributed by atoms with Crippen LogP contribution in [0.4, 0.5) is 0 Å². The van der Waals surface area contributed by atoms with Crippen LogP contribution in [0.1, 0.15) is 51.5 Å². The molecule has 0 radical (unpaired) electrons. The van der Waals surface area contributed by atoms with E-state index in [2.05, 4.69) is 46.8 Å². The highest BCUT2D eigenvalue weighted by Crippen LogP contribution is 2.04. The van der Waals surface area contributed by atoms with E-state index in [1.807, 2.05) is 13.0 Å². The molecule has 0 aromatic heterocycles. The SMILES string of the molecule is CCNC(=NCCCCCCC(=O)OCC)NCCc1ccccc1. The van der Waals surface area contributed by atoms with Gasteiger partial charge >= 0.3 is 5.97 Å². The van der Waals surface area contributed by atoms with Gasteiger partial charge < -0.3 is 15.4 Å². The Bertz CT molecular complexity index is 489. The van der Waals surface area contributed by atoms with Gasteiger partial charge in [-0.1, -0.05) is 43.2 Å². The smallest absolute Gasteiger partial charge is 0.305 e. The van der Waals surface area contributed by atoms with Crippen LogP contribution >= 0.6 is 0 Å². The van der Waals surface area contributed by atoms with Crippen molar-refractivity contribution in [1.29, 1.82) is 0 Å². The number of carbonyl (C=O) groups excluding carboxylic acids is 1. The van der Waals surface area contributed by atoms with Crippen molar-refractivity contribution < 1.29 is 9.53 Å². The maximum atomic E-state index is 11.2. The van der Waals surface area contributed by atoms with E-state index in [-0.39, 0.29) is 5.97 Å². The number of hydrogen-bond acceptors (Lipinski definition) is 3. The number of nitrogens with zero attached hydrogens (tertiary/aromatic N) is 1. The van der Waals surface area contributed by atoms with Crippen LogP contribution < -0.4 is 10.6 Å². The second-order valence-corrected chi connectivity index (χ2v) is 5.89. The van der Waals surface area contributed by atoms with Crippen molar-refractivity contribution in [1.82, 2.24) is 10.6 Å². The fourth-order valence-electron chi connectivity index (χ4n) is 2.47. The van der Waals surface area contributed by atoms with Crippen molar-refractivity contribution in [3.63, 3.8) is 0 Å². The van der Waals surface area contributed by atoms with Gasteiger partial charge in [0.05, 0.1) is 6.61 Å². The second-order valence-electron chi connectivity index (χ2n) is 5.89. The standard InChI is InChI=1S/C20H33N3O2/c1-3-21-20(23-17-15-18-12-8-7-9-13-18)22-16-11-6-5-10-14-19(24)25-4-2/h7-9,12-13H,3-6,10-11,14-17H2,1-2H3,(H2,21,22,23). The Morgan fingerprint density at radius 2 is 1.80 bits per heavy atom. The van der Waals surface area contributed by atoms with Crippen LogP contribution in [-0.4, -0.2) is 38.2 Å². The van der Waals surface area contributed by atoms with Gasteiger partial charge in [0.2, 0.25) is 0 Å². The maximum absolute atomic E-state index is 11.2. The zero-order valence-electron chi connectivity index (χ0n) is 15.7. The molecule has 0 spiro atoms. The lowest BCUT2D eigenvalue weighted by Gasteiger charge is -2.11. The lowest BCUT2D eigenvalue weighted by molar-refractivity contribution is -0.143. The first-order valence-corrected chi connectivity index (χ1v) is 9.48. The number of rotatable bonds is 12. The molecule has 0 saturated carbocycles. The molecule has 0 aliphatic heterocycles. The normalized spacial score (nSPS) is 11.2. The monoisotopic (exact) mass is 347 g/mol. The fourth-order valence-corrected chi connectivity index (χ4v) is 2.47. The number of esters is 1. The molecule has 1 aromatic carbocycles. The van der Waals surface area contributed by atoms with E-state index in [1.165, 1.54) is 5.56 Å². The molecule has 0 bridgehead atoms. The van der Waals surface area contributed by atoms with Crippen molar-refractivity contribution in [3.05, 3.63) is 35.9 Å². The molecule has 0 amide bonds. The Hall–Kier alpha value is -2.04. The molecule has 0 saturated heterocycles. The minimum atomic E-state index is -0.0856. The van der Waals surface area contributed by atoms with Crippen LogP contribution in [0.15, 0.2) is 35.3 Å². The Morgan fingerprint density at radius 1 is 1.04 bits per heavy atom. The average molecular weight is 348 g/mol. The molecule has 25 heavy (non-hydrogen) atoms. The predicted octanol–water partition coefficient (Wildman–Crippen LogP) is 3.30. The Kier molecular flexibility index (Phi) is 12.0. The first-order chi connectivity index (χ1) is 12.3. The molecule has 1 rings (SSSR count). The van der Waals surface area contributed by atoms with Crippen molar-refractivity contribution in [3.8, 4) is 0 Å². The number of hydrogen-bond donors (Lipinski definition) is 2. The van der Waals surface area contributed by atoms with Gasteiger partial charge in [-0.2, -0.15) is 0 Å². The summed E-state index contributed by atoms with van der Waals surface area (Å²) in [7, 11) is 0. The summed E-state index contributed by atoms with van der Waals surface area (Å²) in [5.41, 5.74) is 1.33. The highest BCUT2D eigenvalue weighted by molar-refractivity contribution is 5.79. The van der Waals surface area contributed by atoms with Gasteiger partial charge in [0.15, 0.2) is 5.96 Å². The van der Waals surface area contributed by atoms with E-state index in [1.54, 1.807) is 0 Å². The Labute approximate surface area is 152 Å². The van der Waals surface area contributed by atoms with Gasteiger partial charge in [0, 0.05) is 26.1 Å². The number of aliphatic imine (C=N–C) groups is 1. The molecule has 1 aromatic rings. The van der Waals surface area contributed by atoms with E-state index < -0.39 is 0 Å². The molecule has 0 aliphatic carbocycles. The summed E-state index contributed by atoms with van der Waals surface area (Å²) in [5, 5.41) is 6.66. The number of carbonyl (C=O) groups is 1. The number of guanidine groups is 1. The maximum Gasteiger partial charge on any atom is 0.305 e. The molecule has 5 nitrogen and oxygen atoms in total. The van der Waals surface area contributed by atoms with E-state index >= 15 is 0 Å². The average Bonchev–Trinajstić information content (AvgIpc) is 2.62. The number of benzene rings is 1. The first-order valence-electron chi connectivity index (χ1n) is 9.48. The van der Waals surface area contributed by atoms with Gasteiger partial charge in [-0.25, -0.2) is 0 Å². The number of nitrogens with one attached hydrogen (secondary N) is 2. The van der Waals surface area contributed by atoms with Crippen LogP contribution in [-0.2, 0) is 16.0 Å². The van der Waals surface area contributed by atoms with E-state index in [0.717, 1.165) is 57.7 Å². The van der Waals surface area contributed by atoms with Crippen molar-refractivity contribution in [2.75, 3.05) is 26.2 Å². The summed E-state index contributed by atoms with van der Waals surface area (Å²) in [6.45, 7) is 6.92. The van der Waals surface area contributed by atoms with Gasteiger partial charge in [0.1, 0.15) is 0 Å². The van der Waals surface area contributed by atoms with Gasteiger partial charge in [0.25, 0.3) is 0 Å². The minimum absolute atomic E-state index is 0.0856. The minimum Gasteiger partial charge on any atom is -0.466 e. The molecule has 0 heterocycles. The number of unbranched alkanes of at least 4 members (excludes halogenated alkanes) is 3. The predicted molar refractivity (Wildman–Crippen MR) is 104 cm³/mol. The fraction of sp³-hybridized carbons (Fsp3) is 0.600. The zero-order chi connectivity index (χ0) is 18.2. The Morgan fingerprint density at radius 3 is 2.52 bits per heavy atom. The topological polar surface area (TPSA) is 62.7 Å². The quantitative estimate of drug-likeness (QED) is 0.264. The highest BCUT2D eigenvalue weighted by Gasteiger charge is 2.01. The molecule has 0 unspecified atom stereocenters. The third-order valence-electron chi connectivity index (χ3n) is 3.76. The third-order valence-corrected chi connectivity index (χ3v) is 3.76. The molecule has 140 valence electrons. The van der Waals surface area contributed by atoms with Crippen molar-refractivity contribution in [2.45, 2.75) is 52.4 Å². The van der Waals surface area contributed by atoms with Crippen molar-refractivity contribution >= 4 is 11.9 Å². The molecular formula is C20H33N3O2. The summed E-state index contributed by atoms with van der Waals surface area (Å²) in [6, 6.07) is 10.5. The summed E-state index contributed by atoms with van der Waals surface area (Å²) < 4.78 is 4.92. The first kappa shape index (κ1) is 21.0. The van der Waals surface area contributed by atoms with Gasteiger partial charge in [-0.15, -0.1) is 0 Å². The van der Waals surface area contributed by atoms with E-state index in [4.69, 9.17) is 4.74 Å². The molecule has 5 heteroatoms. The molecule has 0 aliphatic rings. The van der Waals surface area contributed by atoms with Crippen LogP contribution in [0, 0.1) is 0 Å². The number of ether oxygens (including phenoxy) is 1. The lowest BCUT2D eigenvalue weighted by atomic mass is 10.1. The third kappa shape index (κ3) is 11.2. The van der Waals surface area contributed by atoms with Gasteiger partial charge in [-0.05, 0) is 38.7 Å². The molecule has 2 N–H and O–H groups in total. The summed E-state index contributed by atoms with van der Waals surface area (Å²) in [6.07, 6.45) is 5.59. The van der Waals surface area contributed by atoms with Crippen LogP contribution in [0.5, 0.6) is 0 Å². The van der Waals surface area contributed by atoms with E-state index in [9.17, 15) is 4.79 Å². The van der Waals surface area contributed by atoms with Crippen molar-refractivity contribution in [2.24, 2.45) is 4.99 Å². The highest BCUT2D eigenvalue weighted by atomic mass is 16.5. The zero-order valence-corrected chi connectivity index (χ0v) is 15.7. The summed E-state index contributed by atoms with van der Waals surface area (Å²) in [5.74, 6) is 0.794. The van der Waals surface area contributed by atoms with Crippen LogP contribution in [0.25, 0.3) is 0 Å². The second kappa shape index (κ2) is 14.3. The van der Waals surface area contributed by atoms with Crippen LogP contribution in [0.3, 0.4) is 0 Å². The van der Waals surface area contributed by atoms with Crippen LogP contribution in [0.2, 0.25) is 0 Å². The molecule has 0 fully saturated rings. The Balaban J connectivity index is 2.14. The molecule has 0 atom stereocenters.